The number of hydrogen-bond acceptors (Lipinski definition) is 3. The lowest BCUT2D eigenvalue weighted by Gasteiger charge is -2.31. The fraction of sp³-hybridized carbons (Fsp3) is 0.333. The molecule has 1 aromatic heterocycles. The molecule has 2 N–H and O–H groups in total. The van der Waals surface area contributed by atoms with E-state index in [1.807, 2.05) is 60.5 Å². The Balaban J connectivity index is 1.46. The highest BCUT2D eigenvalue weighted by atomic mass is 32.1. The van der Waals surface area contributed by atoms with E-state index in [0.717, 1.165) is 34.8 Å². The van der Waals surface area contributed by atoms with E-state index in [-0.39, 0.29) is 11.8 Å². The Hall–Kier alpha value is -2.44. The van der Waals surface area contributed by atoms with E-state index in [2.05, 4.69) is 5.32 Å². The molecule has 0 unspecified atom stereocenters. The maximum atomic E-state index is 12.4. The van der Waals surface area contributed by atoms with Gasteiger partial charge >= 0.3 is 0 Å². The second-order valence-corrected chi connectivity index (χ2v) is 7.90. The average molecular weight is 385 g/mol. The summed E-state index contributed by atoms with van der Waals surface area (Å²) in [6.07, 6.45) is 3.51. The van der Waals surface area contributed by atoms with Gasteiger partial charge in [0.15, 0.2) is 6.54 Å². The Kier molecular flexibility index (Phi) is 6.42. The maximum absolute atomic E-state index is 12.4. The van der Waals surface area contributed by atoms with Crippen molar-refractivity contribution in [2.45, 2.75) is 13.8 Å². The largest absolute Gasteiger partial charge is 0.328 e. The van der Waals surface area contributed by atoms with Gasteiger partial charge in [0.2, 0.25) is 5.91 Å². The van der Waals surface area contributed by atoms with Crippen molar-refractivity contribution in [1.82, 2.24) is 4.90 Å². The van der Waals surface area contributed by atoms with Crippen molar-refractivity contribution < 1.29 is 14.5 Å². The lowest BCUT2D eigenvalue weighted by Crippen LogP contribution is -3.15. The first-order valence-corrected chi connectivity index (χ1v) is 10.1. The Morgan fingerprint density at radius 3 is 2.48 bits per heavy atom. The lowest BCUT2D eigenvalue weighted by molar-refractivity contribution is -0.895. The second-order valence-electron chi connectivity index (χ2n) is 6.92. The number of thiophene rings is 1. The third-order valence-corrected chi connectivity index (χ3v) is 5.71. The van der Waals surface area contributed by atoms with E-state index < -0.39 is 0 Å². The van der Waals surface area contributed by atoms with Crippen molar-refractivity contribution in [3.8, 4) is 0 Å². The second kappa shape index (κ2) is 8.97. The number of aryl methyl sites for hydroxylation is 2. The Morgan fingerprint density at radius 2 is 1.85 bits per heavy atom. The Morgan fingerprint density at radius 1 is 1.15 bits per heavy atom. The first-order chi connectivity index (χ1) is 13.0. The van der Waals surface area contributed by atoms with Crippen molar-refractivity contribution >= 4 is 34.9 Å². The van der Waals surface area contributed by atoms with Gasteiger partial charge in [0.1, 0.15) is 0 Å². The molecule has 1 fully saturated rings. The molecule has 0 spiro atoms. The monoisotopic (exact) mass is 384 g/mol. The molecule has 1 aliphatic rings. The molecular formula is C21H26N3O2S+. The molecule has 3 rings (SSSR count). The molecule has 5 nitrogen and oxygen atoms in total. The molecule has 2 aromatic rings. The number of piperazine rings is 1. The minimum absolute atomic E-state index is 0.0276. The zero-order valence-corrected chi connectivity index (χ0v) is 16.6. The Bertz CT molecular complexity index is 802. The predicted molar refractivity (Wildman–Crippen MR) is 110 cm³/mol. The molecule has 0 radical (unpaired) electrons. The summed E-state index contributed by atoms with van der Waals surface area (Å²) in [5.41, 5.74) is 3.06. The fourth-order valence-corrected chi connectivity index (χ4v) is 3.91. The molecule has 1 saturated heterocycles. The smallest absolute Gasteiger partial charge is 0.279 e. The number of nitrogens with one attached hydrogen (secondary N) is 2. The van der Waals surface area contributed by atoms with E-state index in [4.69, 9.17) is 0 Å². The van der Waals surface area contributed by atoms with E-state index in [1.54, 1.807) is 17.4 Å². The molecule has 1 aromatic carbocycles. The summed E-state index contributed by atoms with van der Waals surface area (Å²) in [7, 11) is 0. The predicted octanol–water partition coefficient (Wildman–Crippen LogP) is 1.74. The molecule has 2 amide bonds. The minimum Gasteiger partial charge on any atom is -0.328 e. The maximum Gasteiger partial charge on any atom is 0.279 e. The third-order valence-electron chi connectivity index (χ3n) is 4.87. The van der Waals surface area contributed by atoms with Gasteiger partial charge in [-0.25, -0.2) is 0 Å². The first kappa shape index (κ1) is 19.3. The third kappa shape index (κ3) is 5.28. The van der Waals surface area contributed by atoms with Crippen LogP contribution >= 0.6 is 11.3 Å². The zero-order valence-electron chi connectivity index (χ0n) is 15.8. The summed E-state index contributed by atoms with van der Waals surface area (Å²) in [4.78, 5) is 28.9. The van der Waals surface area contributed by atoms with Crippen molar-refractivity contribution in [2.75, 3.05) is 38.0 Å². The highest BCUT2D eigenvalue weighted by Crippen LogP contribution is 2.18. The summed E-state index contributed by atoms with van der Waals surface area (Å²) >= 11 is 1.62. The van der Waals surface area contributed by atoms with Crippen molar-refractivity contribution in [3.05, 3.63) is 57.8 Å². The SMILES string of the molecule is Cc1cccc(C)c1NC(=O)C[NH+]1CCN(C(=O)/C=C/c2cccs2)CC1. The summed E-state index contributed by atoms with van der Waals surface area (Å²) in [5.74, 6) is 0.0715. The van der Waals surface area contributed by atoms with Crippen LogP contribution in [0, 0.1) is 13.8 Å². The number of hydrogen-bond donors (Lipinski definition) is 2. The summed E-state index contributed by atoms with van der Waals surface area (Å²) < 4.78 is 0. The number of para-hydroxylation sites is 1. The van der Waals surface area contributed by atoms with Gasteiger partial charge in [0.05, 0.1) is 26.2 Å². The van der Waals surface area contributed by atoms with Crippen LogP contribution in [0.5, 0.6) is 0 Å². The highest BCUT2D eigenvalue weighted by molar-refractivity contribution is 7.10. The number of benzene rings is 1. The average Bonchev–Trinajstić information content (AvgIpc) is 3.17. The van der Waals surface area contributed by atoms with Crippen LogP contribution in [0.1, 0.15) is 16.0 Å². The minimum atomic E-state index is 0.0276. The number of rotatable bonds is 5. The summed E-state index contributed by atoms with van der Waals surface area (Å²) in [5, 5.41) is 5.04. The van der Waals surface area contributed by atoms with Crippen molar-refractivity contribution in [1.29, 1.82) is 0 Å². The molecule has 1 aliphatic heterocycles. The molecule has 0 saturated carbocycles. The van der Waals surface area contributed by atoms with Crippen LogP contribution in [0.3, 0.4) is 0 Å². The first-order valence-electron chi connectivity index (χ1n) is 9.23. The summed E-state index contributed by atoms with van der Waals surface area (Å²) in [6.45, 7) is 7.38. The summed E-state index contributed by atoms with van der Waals surface area (Å²) in [6, 6.07) is 9.97. The van der Waals surface area contributed by atoms with Crippen LogP contribution in [0.4, 0.5) is 5.69 Å². The van der Waals surface area contributed by atoms with Crippen LogP contribution in [0.25, 0.3) is 6.08 Å². The van der Waals surface area contributed by atoms with E-state index in [1.165, 1.54) is 4.90 Å². The topological polar surface area (TPSA) is 53.9 Å². The van der Waals surface area contributed by atoms with E-state index >= 15 is 0 Å². The van der Waals surface area contributed by atoms with Crippen LogP contribution < -0.4 is 10.2 Å². The normalized spacial score (nSPS) is 15.3. The van der Waals surface area contributed by atoms with Crippen LogP contribution in [-0.2, 0) is 9.59 Å². The van der Waals surface area contributed by atoms with Crippen molar-refractivity contribution in [2.24, 2.45) is 0 Å². The Labute approximate surface area is 164 Å². The number of carbonyl (C=O) groups excluding carboxylic acids is 2. The number of carbonyl (C=O) groups is 2. The van der Waals surface area contributed by atoms with Gasteiger partial charge in [-0.05, 0) is 42.5 Å². The van der Waals surface area contributed by atoms with Gasteiger partial charge in [-0.1, -0.05) is 24.3 Å². The van der Waals surface area contributed by atoms with Crippen LogP contribution in [0.15, 0.2) is 41.8 Å². The lowest BCUT2D eigenvalue weighted by atomic mass is 10.1. The van der Waals surface area contributed by atoms with Gasteiger partial charge in [0, 0.05) is 16.6 Å². The van der Waals surface area contributed by atoms with Crippen LogP contribution in [-0.4, -0.2) is 49.4 Å². The molecule has 6 heteroatoms. The quantitative estimate of drug-likeness (QED) is 0.772. The molecule has 0 bridgehead atoms. The van der Waals surface area contributed by atoms with E-state index in [9.17, 15) is 9.59 Å². The van der Waals surface area contributed by atoms with Gasteiger partial charge in [-0.2, -0.15) is 0 Å². The number of amides is 2. The number of anilines is 1. The molecule has 142 valence electrons. The molecule has 0 aliphatic carbocycles. The van der Waals surface area contributed by atoms with Crippen molar-refractivity contribution in [3.63, 3.8) is 0 Å². The standard InChI is InChI=1S/C21H25N3O2S/c1-16-5-3-6-17(2)21(16)22-19(25)15-23-10-12-24(13-11-23)20(26)9-8-18-7-4-14-27-18/h3-9,14H,10-13,15H2,1-2H3,(H,22,25)/p+1/b9-8+. The molecule has 0 atom stereocenters. The van der Waals surface area contributed by atoms with Crippen LogP contribution in [0.2, 0.25) is 0 Å². The number of quaternary nitrogens is 1. The fourth-order valence-electron chi connectivity index (χ4n) is 3.29. The van der Waals surface area contributed by atoms with Gasteiger partial charge in [0.25, 0.3) is 5.91 Å². The molecule has 27 heavy (non-hydrogen) atoms. The van der Waals surface area contributed by atoms with Gasteiger partial charge < -0.3 is 15.1 Å². The zero-order chi connectivity index (χ0) is 19.2. The van der Waals surface area contributed by atoms with Gasteiger partial charge in [-0.3, -0.25) is 9.59 Å². The van der Waals surface area contributed by atoms with Gasteiger partial charge in [-0.15, -0.1) is 11.3 Å². The molecular weight excluding hydrogens is 358 g/mol. The number of nitrogens with zero attached hydrogens (tertiary/aromatic N) is 1. The highest BCUT2D eigenvalue weighted by Gasteiger charge is 2.24. The van der Waals surface area contributed by atoms with E-state index in [0.29, 0.717) is 19.6 Å². The molecule has 2 heterocycles.